The fourth-order valence-electron chi connectivity index (χ4n) is 2.52. The number of methoxy groups -OCH3 is 1. The van der Waals surface area contributed by atoms with Crippen LogP contribution in [-0.4, -0.2) is 26.3 Å². The highest BCUT2D eigenvalue weighted by Crippen LogP contribution is 2.47. The van der Waals surface area contributed by atoms with Gasteiger partial charge >= 0.3 is 6.09 Å². The van der Waals surface area contributed by atoms with Gasteiger partial charge in [0.25, 0.3) is 0 Å². The minimum atomic E-state index is -0.399. The van der Waals surface area contributed by atoms with Crippen LogP contribution in [0.5, 0.6) is 0 Å². The molecule has 22 heavy (non-hydrogen) atoms. The average Bonchev–Trinajstić information content (AvgIpc) is 2.54. The molecule has 0 radical (unpaired) electrons. The summed E-state index contributed by atoms with van der Waals surface area (Å²) in [5.41, 5.74) is 3.59. The van der Waals surface area contributed by atoms with Crippen LogP contribution >= 0.6 is 11.8 Å². The molecule has 1 amide bonds. The smallest absolute Gasteiger partial charge is 0.406 e. The molecule has 2 aromatic rings. The van der Waals surface area contributed by atoms with Crippen molar-refractivity contribution in [1.82, 2.24) is 5.32 Å². The molecule has 0 fully saturated rings. The van der Waals surface area contributed by atoms with Gasteiger partial charge in [-0.3, -0.25) is 0 Å². The molecule has 0 atom stereocenters. The fourth-order valence-corrected chi connectivity index (χ4v) is 3.60. The summed E-state index contributed by atoms with van der Waals surface area (Å²) >= 11 is 1.79. The number of rotatable bonds is 3. The van der Waals surface area contributed by atoms with E-state index in [0.717, 1.165) is 0 Å². The van der Waals surface area contributed by atoms with Crippen molar-refractivity contribution in [2.75, 3.05) is 25.1 Å². The lowest BCUT2D eigenvalue weighted by molar-refractivity contribution is 0.171. The van der Waals surface area contributed by atoms with Crippen LogP contribution in [-0.2, 0) is 4.74 Å². The molecule has 0 unspecified atom stereocenters. The Kier molecular flexibility index (Phi) is 4.24. The second kappa shape index (κ2) is 6.32. The highest BCUT2D eigenvalue weighted by atomic mass is 32.2. The number of benzene rings is 2. The van der Waals surface area contributed by atoms with E-state index >= 15 is 0 Å². The molecule has 3 rings (SSSR count). The quantitative estimate of drug-likeness (QED) is 0.931. The molecular weight excluding hydrogens is 296 g/mol. The number of nitrogens with one attached hydrogen (secondary N) is 1. The molecule has 4 nitrogen and oxygen atoms in total. The number of aryl methyl sites for hydroxylation is 1. The third-order valence-corrected chi connectivity index (χ3v) is 4.70. The Labute approximate surface area is 134 Å². The second-order valence-electron chi connectivity index (χ2n) is 5.11. The summed E-state index contributed by atoms with van der Waals surface area (Å²) in [7, 11) is 1.38. The van der Waals surface area contributed by atoms with Crippen LogP contribution in [0.2, 0.25) is 0 Å². The second-order valence-corrected chi connectivity index (χ2v) is 6.19. The predicted molar refractivity (Wildman–Crippen MR) is 89.2 cm³/mol. The summed E-state index contributed by atoms with van der Waals surface area (Å²) in [5.74, 6) is 0. The van der Waals surface area contributed by atoms with E-state index < -0.39 is 6.09 Å². The van der Waals surface area contributed by atoms with Crippen LogP contribution in [0.15, 0.2) is 52.3 Å². The Balaban J connectivity index is 1.90. The Bertz CT molecular complexity index is 703. The molecule has 1 heterocycles. The Hall–Kier alpha value is -2.14. The number of hydrogen-bond acceptors (Lipinski definition) is 4. The van der Waals surface area contributed by atoms with Crippen LogP contribution in [0.1, 0.15) is 5.56 Å². The van der Waals surface area contributed by atoms with Crippen LogP contribution in [0.4, 0.5) is 16.2 Å². The normalized spacial score (nSPS) is 12.4. The number of nitrogens with zero attached hydrogens (tertiary/aromatic N) is 1. The number of amides is 1. The van der Waals surface area contributed by atoms with E-state index in [9.17, 15) is 4.79 Å². The fraction of sp³-hybridized carbons (Fsp3) is 0.235. The summed E-state index contributed by atoms with van der Waals surface area (Å²) in [6.07, 6.45) is -0.399. The topological polar surface area (TPSA) is 41.6 Å². The molecule has 5 heteroatoms. The van der Waals surface area contributed by atoms with E-state index in [-0.39, 0.29) is 0 Å². The van der Waals surface area contributed by atoms with E-state index in [4.69, 9.17) is 0 Å². The number of anilines is 2. The number of ether oxygens (including phenoxy) is 1. The first-order chi connectivity index (χ1) is 10.7. The van der Waals surface area contributed by atoms with Crippen LogP contribution in [0, 0.1) is 6.92 Å². The van der Waals surface area contributed by atoms with Gasteiger partial charge in [0.15, 0.2) is 0 Å². The van der Waals surface area contributed by atoms with Gasteiger partial charge in [-0.15, -0.1) is 0 Å². The lowest BCUT2D eigenvalue weighted by Crippen LogP contribution is -2.33. The van der Waals surface area contributed by atoms with Crippen molar-refractivity contribution in [2.45, 2.75) is 16.7 Å². The van der Waals surface area contributed by atoms with E-state index in [1.807, 2.05) is 6.07 Å². The Morgan fingerprint density at radius 1 is 1.18 bits per heavy atom. The minimum absolute atomic E-state index is 0.399. The maximum atomic E-state index is 11.2. The van der Waals surface area contributed by atoms with Crippen molar-refractivity contribution in [3.63, 3.8) is 0 Å². The van der Waals surface area contributed by atoms with Gasteiger partial charge in [-0.05, 0) is 36.8 Å². The monoisotopic (exact) mass is 314 g/mol. The molecule has 0 aliphatic carbocycles. The van der Waals surface area contributed by atoms with Crippen LogP contribution in [0.3, 0.4) is 0 Å². The highest BCUT2D eigenvalue weighted by molar-refractivity contribution is 7.99. The van der Waals surface area contributed by atoms with Crippen molar-refractivity contribution in [3.8, 4) is 0 Å². The molecule has 1 N–H and O–H groups in total. The lowest BCUT2D eigenvalue weighted by Gasteiger charge is -2.33. The zero-order valence-corrected chi connectivity index (χ0v) is 13.4. The first-order valence-corrected chi connectivity index (χ1v) is 7.97. The van der Waals surface area contributed by atoms with Gasteiger partial charge in [0, 0.05) is 22.9 Å². The standard InChI is InChI=1S/C17H18N2O2S/c1-12-7-8-16-14(11-12)19(10-9-18-17(20)21-2)13-5-3-4-6-15(13)22-16/h3-8,11H,9-10H2,1-2H3,(H,18,20). The SMILES string of the molecule is COC(=O)NCCN1c2ccccc2Sc2ccc(C)cc21. The summed E-state index contributed by atoms with van der Waals surface area (Å²) in [5, 5.41) is 2.75. The number of fused-ring (bicyclic) bond motifs is 2. The molecule has 1 aliphatic rings. The maximum absolute atomic E-state index is 11.2. The Morgan fingerprint density at radius 2 is 1.95 bits per heavy atom. The first kappa shape index (κ1) is 14.8. The third kappa shape index (κ3) is 2.90. The van der Waals surface area contributed by atoms with Gasteiger partial charge in [0.05, 0.1) is 18.5 Å². The summed E-state index contributed by atoms with van der Waals surface area (Å²) in [4.78, 5) is 16.0. The molecule has 0 bridgehead atoms. The van der Waals surface area contributed by atoms with Crippen molar-refractivity contribution in [2.24, 2.45) is 0 Å². The third-order valence-electron chi connectivity index (χ3n) is 3.57. The van der Waals surface area contributed by atoms with Gasteiger partial charge in [0.2, 0.25) is 0 Å². The maximum Gasteiger partial charge on any atom is 0.406 e. The zero-order valence-electron chi connectivity index (χ0n) is 12.6. The van der Waals surface area contributed by atoms with Crippen molar-refractivity contribution < 1.29 is 9.53 Å². The average molecular weight is 314 g/mol. The van der Waals surface area contributed by atoms with Crippen molar-refractivity contribution >= 4 is 29.2 Å². The molecule has 0 aromatic heterocycles. The lowest BCUT2D eigenvalue weighted by atomic mass is 10.1. The number of carbonyl (C=O) groups is 1. The van der Waals surface area contributed by atoms with Gasteiger partial charge in [-0.2, -0.15) is 0 Å². The number of para-hydroxylation sites is 1. The minimum Gasteiger partial charge on any atom is -0.453 e. The van der Waals surface area contributed by atoms with E-state index in [0.29, 0.717) is 13.1 Å². The number of carbonyl (C=O) groups excluding carboxylic acids is 1. The molecule has 1 aliphatic heterocycles. The molecule has 0 saturated heterocycles. The molecular formula is C17H18N2O2S. The summed E-state index contributed by atoms with van der Waals surface area (Å²) in [6, 6.07) is 14.8. The largest absolute Gasteiger partial charge is 0.453 e. The Morgan fingerprint density at radius 3 is 2.77 bits per heavy atom. The highest BCUT2D eigenvalue weighted by Gasteiger charge is 2.22. The summed E-state index contributed by atoms with van der Waals surface area (Å²) < 4.78 is 4.62. The van der Waals surface area contributed by atoms with Gasteiger partial charge in [0.1, 0.15) is 0 Å². The van der Waals surface area contributed by atoms with E-state index in [2.05, 4.69) is 58.3 Å². The molecule has 0 spiro atoms. The number of alkyl carbamates (subject to hydrolysis) is 1. The van der Waals surface area contributed by atoms with Gasteiger partial charge < -0.3 is 15.0 Å². The first-order valence-electron chi connectivity index (χ1n) is 7.16. The van der Waals surface area contributed by atoms with Crippen LogP contribution in [0.25, 0.3) is 0 Å². The summed E-state index contributed by atoms with van der Waals surface area (Å²) in [6.45, 7) is 3.32. The van der Waals surface area contributed by atoms with Crippen LogP contribution < -0.4 is 10.2 Å². The molecule has 114 valence electrons. The van der Waals surface area contributed by atoms with Crippen molar-refractivity contribution in [1.29, 1.82) is 0 Å². The zero-order chi connectivity index (χ0) is 15.5. The van der Waals surface area contributed by atoms with E-state index in [1.54, 1.807) is 11.8 Å². The van der Waals surface area contributed by atoms with Gasteiger partial charge in [-0.25, -0.2) is 4.79 Å². The van der Waals surface area contributed by atoms with Gasteiger partial charge in [-0.1, -0.05) is 30.0 Å². The predicted octanol–water partition coefficient (Wildman–Crippen LogP) is 3.95. The molecule has 0 saturated carbocycles. The molecule has 2 aromatic carbocycles. The number of hydrogen-bond donors (Lipinski definition) is 1. The van der Waals surface area contributed by atoms with E-state index in [1.165, 1.54) is 33.8 Å². The van der Waals surface area contributed by atoms with Crippen molar-refractivity contribution in [3.05, 3.63) is 48.0 Å².